The Kier molecular flexibility index (Phi) is 4.79. The third-order valence-electron chi connectivity index (χ3n) is 3.70. The maximum atomic E-state index is 11.9. The molecule has 0 unspecified atom stereocenters. The summed E-state index contributed by atoms with van der Waals surface area (Å²) in [5.74, 6) is -0.0277. The number of hydrogen-bond donors (Lipinski definition) is 0. The van der Waals surface area contributed by atoms with E-state index >= 15 is 0 Å². The highest BCUT2D eigenvalue weighted by Gasteiger charge is 2.16. The number of hydrogen-bond acceptors (Lipinski definition) is 2. The van der Waals surface area contributed by atoms with Gasteiger partial charge in [0.05, 0.1) is 0 Å². The minimum Gasteiger partial charge on any atom is -0.339 e. The molecule has 0 radical (unpaired) electrons. The van der Waals surface area contributed by atoms with Crippen molar-refractivity contribution >= 4 is 11.8 Å². The van der Waals surface area contributed by atoms with Crippen molar-refractivity contribution in [1.82, 2.24) is 9.80 Å². The Morgan fingerprint density at radius 2 is 0.944 bits per heavy atom. The molecule has 0 aromatic rings. The van der Waals surface area contributed by atoms with Crippen molar-refractivity contribution in [2.75, 3.05) is 26.2 Å². The average molecular weight is 250 g/mol. The van der Waals surface area contributed by atoms with Gasteiger partial charge >= 0.3 is 0 Å². The van der Waals surface area contributed by atoms with Crippen LogP contribution in [0.5, 0.6) is 0 Å². The summed E-state index contributed by atoms with van der Waals surface area (Å²) in [4.78, 5) is 27.4. The lowest BCUT2D eigenvalue weighted by atomic mass is 10.1. The maximum Gasteiger partial charge on any atom is 0.246 e. The molecule has 2 amide bonds. The Labute approximate surface area is 109 Å². The van der Waals surface area contributed by atoms with Crippen LogP contribution >= 0.6 is 0 Å². The summed E-state index contributed by atoms with van der Waals surface area (Å²) in [6, 6.07) is 0. The van der Waals surface area contributed by atoms with Crippen molar-refractivity contribution in [1.29, 1.82) is 0 Å². The summed E-state index contributed by atoms with van der Waals surface area (Å²) in [6.07, 6.45) is 9.64. The van der Waals surface area contributed by atoms with Crippen LogP contribution < -0.4 is 0 Å². The van der Waals surface area contributed by atoms with E-state index in [1.807, 2.05) is 9.80 Å². The van der Waals surface area contributed by atoms with Gasteiger partial charge in [-0.1, -0.05) is 0 Å². The Balaban J connectivity index is 1.81. The molecule has 2 heterocycles. The van der Waals surface area contributed by atoms with Gasteiger partial charge < -0.3 is 9.80 Å². The Morgan fingerprint density at radius 1 is 0.611 bits per heavy atom. The lowest BCUT2D eigenvalue weighted by Crippen LogP contribution is -2.36. The van der Waals surface area contributed by atoms with Crippen LogP contribution in [0.3, 0.4) is 0 Å². The van der Waals surface area contributed by atoms with Gasteiger partial charge in [-0.3, -0.25) is 9.59 Å². The second-order valence-electron chi connectivity index (χ2n) is 5.11. The van der Waals surface area contributed by atoms with Crippen LogP contribution in [0.1, 0.15) is 38.5 Å². The van der Waals surface area contributed by atoms with E-state index in [1.54, 1.807) is 0 Å². The minimum atomic E-state index is -0.0138. The summed E-state index contributed by atoms with van der Waals surface area (Å²) in [6.45, 7) is 3.34. The summed E-state index contributed by atoms with van der Waals surface area (Å²) in [5, 5.41) is 0. The molecule has 0 aromatic heterocycles. The Hall–Kier alpha value is -1.32. The molecule has 4 heteroatoms. The second kappa shape index (κ2) is 6.57. The van der Waals surface area contributed by atoms with Gasteiger partial charge in [-0.25, -0.2) is 0 Å². The van der Waals surface area contributed by atoms with Crippen molar-refractivity contribution in [2.45, 2.75) is 38.5 Å². The van der Waals surface area contributed by atoms with Crippen LogP contribution in [-0.2, 0) is 9.59 Å². The first-order valence-electron chi connectivity index (χ1n) is 7.03. The second-order valence-corrected chi connectivity index (χ2v) is 5.11. The van der Waals surface area contributed by atoms with Gasteiger partial charge in [0.1, 0.15) is 0 Å². The molecule has 2 fully saturated rings. The molecule has 0 N–H and O–H groups in total. The highest BCUT2D eigenvalue weighted by molar-refractivity contribution is 5.96. The van der Waals surface area contributed by atoms with Crippen LogP contribution in [0.25, 0.3) is 0 Å². The molecule has 0 spiro atoms. The zero-order valence-corrected chi connectivity index (χ0v) is 10.9. The quantitative estimate of drug-likeness (QED) is 0.698. The van der Waals surface area contributed by atoms with Crippen LogP contribution in [-0.4, -0.2) is 47.8 Å². The largest absolute Gasteiger partial charge is 0.339 e. The van der Waals surface area contributed by atoms with Gasteiger partial charge in [-0.2, -0.15) is 0 Å². The Bertz CT molecular complexity index is 295. The maximum absolute atomic E-state index is 11.9. The van der Waals surface area contributed by atoms with E-state index < -0.39 is 0 Å². The van der Waals surface area contributed by atoms with E-state index in [0.29, 0.717) is 0 Å². The zero-order chi connectivity index (χ0) is 12.8. The summed E-state index contributed by atoms with van der Waals surface area (Å²) in [5.41, 5.74) is 0. The molecule has 18 heavy (non-hydrogen) atoms. The summed E-state index contributed by atoms with van der Waals surface area (Å²) in [7, 11) is 0. The fourth-order valence-electron chi connectivity index (χ4n) is 2.58. The van der Waals surface area contributed by atoms with Crippen molar-refractivity contribution < 1.29 is 9.59 Å². The normalized spacial score (nSPS) is 21.3. The van der Waals surface area contributed by atoms with Crippen LogP contribution in [0.15, 0.2) is 12.2 Å². The smallest absolute Gasteiger partial charge is 0.246 e. The molecule has 0 atom stereocenters. The molecule has 2 aliphatic rings. The third kappa shape index (κ3) is 3.59. The van der Waals surface area contributed by atoms with Crippen LogP contribution in [0.2, 0.25) is 0 Å². The lowest BCUT2D eigenvalue weighted by Gasteiger charge is -2.26. The molecule has 2 saturated heterocycles. The number of nitrogens with zero attached hydrogens (tertiary/aromatic N) is 2. The summed E-state index contributed by atoms with van der Waals surface area (Å²) < 4.78 is 0. The van der Waals surface area contributed by atoms with Gasteiger partial charge in [0.2, 0.25) is 11.8 Å². The highest BCUT2D eigenvalue weighted by Crippen LogP contribution is 2.10. The third-order valence-corrected chi connectivity index (χ3v) is 3.70. The first-order chi connectivity index (χ1) is 8.77. The number of carbonyl (C=O) groups is 2. The minimum absolute atomic E-state index is 0.0138. The first kappa shape index (κ1) is 13.1. The van der Waals surface area contributed by atoms with E-state index in [-0.39, 0.29) is 11.8 Å². The molecular weight excluding hydrogens is 228 g/mol. The predicted octanol–water partition coefficient (Wildman–Crippen LogP) is 1.57. The number of amides is 2. The number of piperidine rings is 2. The zero-order valence-electron chi connectivity index (χ0n) is 10.9. The highest BCUT2D eigenvalue weighted by atomic mass is 16.2. The molecule has 0 aliphatic carbocycles. The van der Waals surface area contributed by atoms with E-state index in [9.17, 15) is 9.59 Å². The first-order valence-corrected chi connectivity index (χ1v) is 7.03. The predicted molar refractivity (Wildman–Crippen MR) is 70.0 cm³/mol. The fraction of sp³-hybridized carbons (Fsp3) is 0.714. The van der Waals surface area contributed by atoms with E-state index in [0.717, 1.165) is 51.9 Å². The van der Waals surface area contributed by atoms with E-state index in [2.05, 4.69) is 0 Å². The Morgan fingerprint density at radius 3 is 1.28 bits per heavy atom. The van der Waals surface area contributed by atoms with Gasteiger partial charge in [0.15, 0.2) is 0 Å². The van der Waals surface area contributed by atoms with Crippen molar-refractivity contribution in [3.05, 3.63) is 12.2 Å². The van der Waals surface area contributed by atoms with E-state index in [1.165, 1.54) is 25.0 Å². The summed E-state index contributed by atoms with van der Waals surface area (Å²) >= 11 is 0. The van der Waals surface area contributed by atoms with Gasteiger partial charge in [0, 0.05) is 38.3 Å². The van der Waals surface area contributed by atoms with Gasteiger partial charge in [0.25, 0.3) is 0 Å². The fourth-order valence-corrected chi connectivity index (χ4v) is 2.58. The molecule has 2 rings (SSSR count). The molecule has 0 aromatic carbocycles. The number of likely N-dealkylation sites (tertiary alicyclic amines) is 2. The molecular formula is C14H22N2O2. The molecule has 0 bridgehead atoms. The topological polar surface area (TPSA) is 40.6 Å². The number of carbonyl (C=O) groups excluding carboxylic acids is 2. The van der Waals surface area contributed by atoms with E-state index in [4.69, 9.17) is 0 Å². The van der Waals surface area contributed by atoms with Crippen LogP contribution in [0.4, 0.5) is 0 Å². The van der Waals surface area contributed by atoms with Gasteiger partial charge in [-0.05, 0) is 38.5 Å². The van der Waals surface area contributed by atoms with Crippen LogP contribution in [0, 0.1) is 0 Å². The molecule has 4 nitrogen and oxygen atoms in total. The monoisotopic (exact) mass is 250 g/mol. The lowest BCUT2D eigenvalue weighted by molar-refractivity contribution is -0.129. The number of rotatable bonds is 2. The van der Waals surface area contributed by atoms with Crippen molar-refractivity contribution in [3.63, 3.8) is 0 Å². The molecule has 0 saturated carbocycles. The van der Waals surface area contributed by atoms with Crippen molar-refractivity contribution in [3.8, 4) is 0 Å². The van der Waals surface area contributed by atoms with Crippen molar-refractivity contribution in [2.24, 2.45) is 0 Å². The van der Waals surface area contributed by atoms with Gasteiger partial charge in [-0.15, -0.1) is 0 Å². The average Bonchev–Trinajstić information content (AvgIpc) is 2.46. The molecule has 2 aliphatic heterocycles. The SMILES string of the molecule is O=C(C=CC(=O)N1CCCCC1)N1CCCCC1. The standard InChI is InChI=1S/C14H22N2O2/c17-13(15-9-3-1-4-10-15)7-8-14(18)16-11-5-2-6-12-16/h7-8H,1-6,9-12H2. The molecule has 100 valence electrons.